The minimum atomic E-state index is -4.77. The molecule has 94 valence electrons. The Hall–Kier alpha value is -0.780. The Labute approximate surface area is 93.0 Å². The fraction of sp³-hybridized carbons (Fsp3) is 0.900. The first-order valence-electron chi connectivity index (χ1n) is 5.34. The lowest BCUT2D eigenvalue weighted by Gasteiger charge is -2.40. The molecule has 1 N–H and O–H groups in total. The van der Waals surface area contributed by atoms with Crippen LogP contribution in [0.5, 0.6) is 0 Å². The van der Waals surface area contributed by atoms with E-state index >= 15 is 0 Å². The summed E-state index contributed by atoms with van der Waals surface area (Å²) in [6.45, 7) is 5.99. The van der Waals surface area contributed by atoms with Crippen LogP contribution >= 0.6 is 0 Å². The molecule has 0 saturated carbocycles. The summed E-state index contributed by atoms with van der Waals surface area (Å²) in [5.41, 5.74) is 0. The van der Waals surface area contributed by atoms with E-state index in [1.807, 2.05) is 13.8 Å². The quantitative estimate of drug-likeness (QED) is 0.748. The summed E-state index contributed by atoms with van der Waals surface area (Å²) in [5.74, 6) is -1.52. The monoisotopic (exact) mass is 238 g/mol. The maximum atomic E-state index is 12.3. The van der Waals surface area contributed by atoms with Gasteiger partial charge in [-0.2, -0.15) is 13.2 Å². The number of hydrogen-bond donors (Lipinski definition) is 1. The maximum Gasteiger partial charge on any atom is 0.471 e. The predicted octanol–water partition coefficient (Wildman–Crippen LogP) is 1.39. The van der Waals surface area contributed by atoms with E-state index in [0.717, 1.165) is 4.90 Å². The van der Waals surface area contributed by atoms with Gasteiger partial charge in [0.05, 0.1) is 0 Å². The Morgan fingerprint density at radius 1 is 1.44 bits per heavy atom. The topological polar surface area (TPSA) is 32.3 Å². The molecule has 1 saturated heterocycles. The summed E-state index contributed by atoms with van der Waals surface area (Å²) in [5, 5.41) is 3.14. The van der Waals surface area contributed by atoms with E-state index in [1.165, 1.54) is 0 Å². The van der Waals surface area contributed by atoms with Crippen LogP contribution in [0.4, 0.5) is 13.2 Å². The summed E-state index contributed by atoms with van der Waals surface area (Å²) in [7, 11) is 0. The molecule has 0 aliphatic carbocycles. The molecule has 0 spiro atoms. The zero-order valence-corrected chi connectivity index (χ0v) is 9.64. The molecule has 6 heteroatoms. The smallest absolute Gasteiger partial charge is 0.329 e. The molecule has 1 amide bonds. The van der Waals surface area contributed by atoms with Crippen LogP contribution in [-0.2, 0) is 4.79 Å². The number of carbonyl (C=O) groups excluding carboxylic acids is 1. The Kier molecular flexibility index (Phi) is 3.83. The van der Waals surface area contributed by atoms with Gasteiger partial charge in [-0.3, -0.25) is 4.79 Å². The van der Waals surface area contributed by atoms with E-state index in [9.17, 15) is 18.0 Å². The van der Waals surface area contributed by atoms with Gasteiger partial charge >= 0.3 is 12.1 Å². The number of hydrogen-bond acceptors (Lipinski definition) is 2. The van der Waals surface area contributed by atoms with Crippen LogP contribution in [-0.4, -0.2) is 42.2 Å². The molecule has 0 aromatic rings. The zero-order chi connectivity index (χ0) is 12.5. The largest absolute Gasteiger partial charge is 0.471 e. The van der Waals surface area contributed by atoms with Crippen molar-refractivity contribution in [1.82, 2.24) is 10.2 Å². The van der Waals surface area contributed by atoms with Crippen LogP contribution in [0, 0.1) is 5.92 Å². The van der Waals surface area contributed by atoms with Crippen LogP contribution < -0.4 is 5.32 Å². The average Bonchev–Trinajstić information content (AvgIpc) is 2.15. The third kappa shape index (κ3) is 2.87. The molecule has 3 nitrogen and oxygen atoms in total. The molecular formula is C10H17F3N2O. The van der Waals surface area contributed by atoms with Gasteiger partial charge in [0.2, 0.25) is 0 Å². The molecule has 1 aliphatic rings. The van der Waals surface area contributed by atoms with Crippen molar-refractivity contribution in [3.63, 3.8) is 0 Å². The second kappa shape index (κ2) is 4.61. The molecule has 2 unspecified atom stereocenters. The lowest BCUT2D eigenvalue weighted by molar-refractivity contribution is -0.189. The van der Waals surface area contributed by atoms with E-state index in [0.29, 0.717) is 6.54 Å². The van der Waals surface area contributed by atoms with Crippen molar-refractivity contribution < 1.29 is 18.0 Å². The van der Waals surface area contributed by atoms with Crippen LogP contribution in [0.2, 0.25) is 0 Å². The first-order valence-corrected chi connectivity index (χ1v) is 5.34. The second-order valence-electron chi connectivity index (χ2n) is 4.56. The standard InChI is InChI=1S/C10H17F3N2O/c1-6(2)8-5-15(7(3)4-14-8)9(16)10(11,12)13/h6-8,14H,4-5H2,1-3H3. The van der Waals surface area contributed by atoms with E-state index in [1.54, 1.807) is 6.92 Å². The molecule has 0 aromatic carbocycles. The number of halogens is 3. The minimum absolute atomic E-state index is 0.0671. The van der Waals surface area contributed by atoms with Gasteiger partial charge in [0.25, 0.3) is 0 Å². The number of piperazine rings is 1. The molecule has 1 rings (SSSR count). The highest BCUT2D eigenvalue weighted by molar-refractivity contribution is 5.82. The van der Waals surface area contributed by atoms with E-state index in [4.69, 9.17) is 0 Å². The molecule has 1 aliphatic heterocycles. The zero-order valence-electron chi connectivity index (χ0n) is 9.64. The lowest BCUT2D eigenvalue weighted by atomic mass is 10.00. The SMILES string of the molecule is CC(C)C1CN(C(=O)C(F)(F)F)C(C)CN1. The number of nitrogens with one attached hydrogen (secondary N) is 1. The van der Waals surface area contributed by atoms with Gasteiger partial charge in [-0.1, -0.05) is 13.8 Å². The van der Waals surface area contributed by atoms with Gasteiger partial charge in [0.15, 0.2) is 0 Å². The fourth-order valence-corrected chi connectivity index (χ4v) is 1.78. The summed E-state index contributed by atoms with van der Waals surface area (Å²) in [6.07, 6.45) is -4.77. The molecular weight excluding hydrogens is 221 g/mol. The van der Waals surface area contributed by atoms with Crippen molar-refractivity contribution in [2.24, 2.45) is 5.92 Å². The number of carbonyl (C=O) groups is 1. The predicted molar refractivity (Wildman–Crippen MR) is 53.9 cm³/mol. The molecule has 1 fully saturated rings. The molecule has 0 aromatic heterocycles. The highest BCUT2D eigenvalue weighted by Crippen LogP contribution is 2.22. The van der Waals surface area contributed by atoms with E-state index in [2.05, 4.69) is 5.32 Å². The Morgan fingerprint density at radius 2 is 2.00 bits per heavy atom. The van der Waals surface area contributed by atoms with Crippen LogP contribution in [0.1, 0.15) is 20.8 Å². The highest BCUT2D eigenvalue weighted by atomic mass is 19.4. The van der Waals surface area contributed by atoms with Gasteiger partial charge < -0.3 is 10.2 Å². The van der Waals surface area contributed by atoms with Crippen LogP contribution in [0.25, 0.3) is 0 Å². The highest BCUT2D eigenvalue weighted by Gasteiger charge is 2.45. The average molecular weight is 238 g/mol. The van der Waals surface area contributed by atoms with Gasteiger partial charge in [-0.25, -0.2) is 0 Å². The van der Waals surface area contributed by atoms with Crippen molar-refractivity contribution in [2.45, 2.75) is 39.0 Å². The van der Waals surface area contributed by atoms with E-state index in [-0.39, 0.29) is 18.5 Å². The first-order chi connectivity index (χ1) is 7.23. The van der Waals surface area contributed by atoms with Crippen molar-refractivity contribution in [2.75, 3.05) is 13.1 Å². The number of nitrogens with zero attached hydrogens (tertiary/aromatic N) is 1. The Morgan fingerprint density at radius 3 is 2.44 bits per heavy atom. The van der Waals surface area contributed by atoms with Gasteiger partial charge in [0, 0.05) is 25.2 Å². The summed E-state index contributed by atoms with van der Waals surface area (Å²) < 4.78 is 37.0. The summed E-state index contributed by atoms with van der Waals surface area (Å²) >= 11 is 0. The van der Waals surface area contributed by atoms with Gasteiger partial charge in [0.1, 0.15) is 0 Å². The number of amides is 1. The summed E-state index contributed by atoms with van der Waals surface area (Å²) in [4.78, 5) is 12.1. The van der Waals surface area contributed by atoms with Crippen molar-refractivity contribution in [1.29, 1.82) is 0 Å². The third-order valence-corrected chi connectivity index (χ3v) is 2.91. The first kappa shape index (κ1) is 13.3. The maximum absolute atomic E-state index is 12.3. The number of rotatable bonds is 1. The lowest BCUT2D eigenvalue weighted by Crippen LogP contribution is -2.61. The van der Waals surface area contributed by atoms with E-state index < -0.39 is 18.1 Å². The van der Waals surface area contributed by atoms with Crippen molar-refractivity contribution in [3.8, 4) is 0 Å². The molecule has 16 heavy (non-hydrogen) atoms. The minimum Gasteiger partial charge on any atom is -0.329 e. The van der Waals surface area contributed by atoms with Gasteiger partial charge in [-0.15, -0.1) is 0 Å². The van der Waals surface area contributed by atoms with Crippen LogP contribution in [0.3, 0.4) is 0 Å². The molecule has 2 atom stereocenters. The van der Waals surface area contributed by atoms with Crippen LogP contribution in [0.15, 0.2) is 0 Å². The molecule has 0 radical (unpaired) electrons. The molecule has 1 heterocycles. The Balaban J connectivity index is 2.74. The fourth-order valence-electron chi connectivity index (χ4n) is 1.78. The normalized spacial score (nSPS) is 27.3. The second-order valence-corrected chi connectivity index (χ2v) is 4.56. The van der Waals surface area contributed by atoms with Crippen molar-refractivity contribution >= 4 is 5.91 Å². The number of alkyl halides is 3. The Bertz CT molecular complexity index is 265. The van der Waals surface area contributed by atoms with Gasteiger partial charge in [-0.05, 0) is 12.8 Å². The molecule has 0 bridgehead atoms. The van der Waals surface area contributed by atoms with Crippen molar-refractivity contribution in [3.05, 3.63) is 0 Å². The third-order valence-electron chi connectivity index (χ3n) is 2.91. The summed E-state index contributed by atoms with van der Waals surface area (Å²) in [6, 6.07) is -0.480.